The number of aromatic amines is 1. The van der Waals surface area contributed by atoms with E-state index in [1.807, 2.05) is 6.07 Å². The van der Waals surface area contributed by atoms with Crippen LogP contribution < -0.4 is 10.6 Å². The molecule has 0 saturated carbocycles. The fourth-order valence-corrected chi connectivity index (χ4v) is 2.91. The summed E-state index contributed by atoms with van der Waals surface area (Å²) in [7, 11) is 0. The second-order valence-electron chi connectivity index (χ2n) is 5.38. The molecule has 2 aromatic heterocycles. The Balaban J connectivity index is 0.00000132. The van der Waals surface area contributed by atoms with Gasteiger partial charge in [-0.2, -0.15) is 0 Å². The third-order valence-corrected chi connectivity index (χ3v) is 4.18. The van der Waals surface area contributed by atoms with Crippen LogP contribution in [0.25, 0.3) is 11.2 Å². The van der Waals surface area contributed by atoms with Crippen molar-refractivity contribution in [3.05, 3.63) is 22.6 Å². The van der Waals surface area contributed by atoms with Crippen LogP contribution in [0.15, 0.2) is 16.7 Å². The van der Waals surface area contributed by atoms with Crippen LogP contribution in [0.2, 0.25) is 0 Å². The highest BCUT2D eigenvalue weighted by Crippen LogP contribution is 2.15. The molecule has 2 aromatic rings. The van der Waals surface area contributed by atoms with Crippen molar-refractivity contribution in [1.82, 2.24) is 25.6 Å². The Morgan fingerprint density at radius 3 is 3.00 bits per heavy atom. The summed E-state index contributed by atoms with van der Waals surface area (Å²) in [5, 5.41) is 6.22. The number of halogens is 3. The number of fused-ring (bicyclic) bond motifs is 1. The lowest BCUT2D eigenvalue weighted by molar-refractivity contribution is -0.121. The van der Waals surface area contributed by atoms with Crippen LogP contribution in [0, 0.1) is 5.92 Å². The van der Waals surface area contributed by atoms with Gasteiger partial charge in [0.2, 0.25) is 5.91 Å². The molecule has 0 radical (unpaired) electrons. The van der Waals surface area contributed by atoms with E-state index < -0.39 is 0 Å². The zero-order chi connectivity index (χ0) is 14.7. The Morgan fingerprint density at radius 1 is 1.43 bits per heavy atom. The highest BCUT2D eigenvalue weighted by Gasteiger charge is 2.15. The van der Waals surface area contributed by atoms with Crippen LogP contribution in [-0.4, -0.2) is 33.9 Å². The molecule has 1 unspecified atom stereocenters. The second-order valence-corrected chi connectivity index (χ2v) is 6.30. The molecule has 3 N–H and O–H groups in total. The Morgan fingerprint density at radius 2 is 2.26 bits per heavy atom. The van der Waals surface area contributed by atoms with E-state index >= 15 is 0 Å². The van der Waals surface area contributed by atoms with E-state index in [9.17, 15) is 4.79 Å². The molecule has 1 aliphatic heterocycles. The van der Waals surface area contributed by atoms with Crippen molar-refractivity contribution in [2.45, 2.75) is 25.8 Å². The van der Waals surface area contributed by atoms with Crippen molar-refractivity contribution in [2.75, 3.05) is 13.1 Å². The van der Waals surface area contributed by atoms with Crippen molar-refractivity contribution in [3.63, 3.8) is 0 Å². The molecule has 1 atom stereocenters. The van der Waals surface area contributed by atoms with Crippen molar-refractivity contribution < 1.29 is 4.79 Å². The van der Waals surface area contributed by atoms with Crippen LogP contribution in [0.4, 0.5) is 0 Å². The van der Waals surface area contributed by atoms with Crippen LogP contribution in [0.5, 0.6) is 0 Å². The number of H-pyrrole nitrogens is 1. The van der Waals surface area contributed by atoms with Gasteiger partial charge in [0.1, 0.15) is 5.82 Å². The number of rotatable bonds is 5. The monoisotopic (exact) mass is 423 g/mol. The first kappa shape index (κ1) is 20.2. The number of imidazole rings is 1. The van der Waals surface area contributed by atoms with E-state index in [1.54, 1.807) is 6.20 Å². The summed E-state index contributed by atoms with van der Waals surface area (Å²) in [4.78, 5) is 23.6. The number of pyridine rings is 1. The fraction of sp³-hybridized carbons (Fsp3) is 0.500. The molecular formula is C14H20BrCl2N5O. The Kier molecular flexibility index (Phi) is 8.25. The maximum atomic E-state index is 11.8. The van der Waals surface area contributed by atoms with Crippen LogP contribution >= 0.6 is 40.7 Å². The highest BCUT2D eigenvalue weighted by molar-refractivity contribution is 9.10. The minimum Gasteiger partial charge on any atom is -0.349 e. The van der Waals surface area contributed by atoms with Crippen molar-refractivity contribution >= 4 is 57.8 Å². The molecule has 1 aliphatic rings. The Labute approximate surface area is 155 Å². The predicted molar refractivity (Wildman–Crippen MR) is 98.1 cm³/mol. The molecule has 1 saturated heterocycles. The third-order valence-electron chi connectivity index (χ3n) is 3.75. The average Bonchev–Trinajstić information content (AvgIpc) is 3.11. The molecule has 0 bridgehead atoms. The number of carbonyl (C=O) groups is 1. The van der Waals surface area contributed by atoms with Gasteiger partial charge in [0.15, 0.2) is 5.65 Å². The Hall–Kier alpha value is -0.890. The molecule has 128 valence electrons. The lowest BCUT2D eigenvalue weighted by Gasteiger charge is -2.07. The van der Waals surface area contributed by atoms with E-state index in [0.29, 0.717) is 24.5 Å². The molecule has 23 heavy (non-hydrogen) atoms. The van der Waals surface area contributed by atoms with Gasteiger partial charge < -0.3 is 15.6 Å². The SMILES string of the molecule is Cl.Cl.O=C(CCC1CCNC1)NCc1nc2ncc(Br)cc2[nH]1. The zero-order valence-corrected chi connectivity index (χ0v) is 15.7. The van der Waals surface area contributed by atoms with Crippen LogP contribution in [0.3, 0.4) is 0 Å². The van der Waals surface area contributed by atoms with Gasteiger partial charge in [-0.3, -0.25) is 4.79 Å². The molecule has 1 amide bonds. The molecule has 6 nitrogen and oxygen atoms in total. The standard InChI is InChI=1S/C14H18BrN5O.2ClH/c15-10-5-11-14(18-7-10)20-12(19-11)8-17-13(21)2-1-9-3-4-16-6-9;;/h5,7,9,16H,1-4,6,8H2,(H,17,21)(H,18,19,20);2*1H. The summed E-state index contributed by atoms with van der Waals surface area (Å²) in [6.45, 7) is 2.53. The number of hydrogen-bond acceptors (Lipinski definition) is 4. The zero-order valence-electron chi connectivity index (χ0n) is 12.5. The Bertz CT molecular complexity index is 645. The first-order chi connectivity index (χ1) is 10.2. The predicted octanol–water partition coefficient (Wildman–Crippen LogP) is 2.57. The second kappa shape index (κ2) is 9.42. The van der Waals surface area contributed by atoms with E-state index in [2.05, 4.69) is 41.5 Å². The van der Waals surface area contributed by atoms with Gasteiger partial charge >= 0.3 is 0 Å². The molecule has 0 aromatic carbocycles. The molecule has 0 aliphatic carbocycles. The molecule has 1 fully saturated rings. The number of carbonyl (C=O) groups excluding carboxylic acids is 1. The first-order valence-electron chi connectivity index (χ1n) is 7.18. The lowest BCUT2D eigenvalue weighted by atomic mass is 10.0. The van der Waals surface area contributed by atoms with E-state index in [-0.39, 0.29) is 30.7 Å². The summed E-state index contributed by atoms with van der Waals surface area (Å²) >= 11 is 3.37. The summed E-state index contributed by atoms with van der Waals surface area (Å²) in [5.74, 6) is 1.45. The minimum atomic E-state index is 0. The van der Waals surface area contributed by atoms with E-state index in [0.717, 1.165) is 35.3 Å². The van der Waals surface area contributed by atoms with Gasteiger partial charge in [0.25, 0.3) is 0 Å². The highest BCUT2D eigenvalue weighted by atomic mass is 79.9. The van der Waals surface area contributed by atoms with Gasteiger partial charge in [0, 0.05) is 17.1 Å². The van der Waals surface area contributed by atoms with Crippen molar-refractivity contribution in [1.29, 1.82) is 0 Å². The molecule has 0 spiro atoms. The quantitative estimate of drug-likeness (QED) is 0.688. The van der Waals surface area contributed by atoms with Gasteiger partial charge in [-0.05, 0) is 53.8 Å². The molecule has 9 heteroatoms. The topological polar surface area (TPSA) is 82.7 Å². The van der Waals surface area contributed by atoms with E-state index in [4.69, 9.17) is 0 Å². The normalized spacial score (nSPS) is 16.7. The fourth-order valence-electron chi connectivity index (χ4n) is 2.57. The number of hydrogen-bond donors (Lipinski definition) is 3. The van der Waals surface area contributed by atoms with Gasteiger partial charge in [-0.1, -0.05) is 0 Å². The minimum absolute atomic E-state index is 0. The summed E-state index contributed by atoms with van der Waals surface area (Å²) in [6, 6.07) is 1.92. The maximum absolute atomic E-state index is 11.8. The van der Waals surface area contributed by atoms with Crippen molar-refractivity contribution in [2.24, 2.45) is 5.92 Å². The third kappa shape index (κ3) is 5.60. The van der Waals surface area contributed by atoms with Crippen LogP contribution in [-0.2, 0) is 11.3 Å². The number of nitrogens with zero attached hydrogens (tertiary/aromatic N) is 2. The van der Waals surface area contributed by atoms with E-state index in [1.165, 1.54) is 6.42 Å². The number of amides is 1. The maximum Gasteiger partial charge on any atom is 0.220 e. The molecule has 3 rings (SSSR count). The van der Waals surface area contributed by atoms with Gasteiger partial charge in [-0.15, -0.1) is 24.8 Å². The van der Waals surface area contributed by atoms with Crippen LogP contribution in [0.1, 0.15) is 25.1 Å². The summed E-state index contributed by atoms with van der Waals surface area (Å²) in [5.41, 5.74) is 1.53. The average molecular weight is 425 g/mol. The number of aromatic nitrogens is 3. The lowest BCUT2D eigenvalue weighted by Crippen LogP contribution is -2.24. The summed E-state index contributed by atoms with van der Waals surface area (Å²) < 4.78 is 0.902. The van der Waals surface area contributed by atoms with Gasteiger partial charge in [0.05, 0.1) is 12.1 Å². The smallest absolute Gasteiger partial charge is 0.220 e. The molecular weight excluding hydrogens is 405 g/mol. The van der Waals surface area contributed by atoms with Crippen molar-refractivity contribution in [3.8, 4) is 0 Å². The summed E-state index contributed by atoms with van der Waals surface area (Å²) in [6.07, 6.45) is 4.42. The molecule has 3 heterocycles. The number of nitrogens with one attached hydrogen (secondary N) is 3. The van der Waals surface area contributed by atoms with Gasteiger partial charge in [-0.25, -0.2) is 9.97 Å². The largest absolute Gasteiger partial charge is 0.349 e. The first-order valence-corrected chi connectivity index (χ1v) is 7.97.